The first-order valence-corrected chi connectivity index (χ1v) is 12.0. The van der Waals surface area contributed by atoms with Crippen molar-refractivity contribution < 1.29 is 23.8 Å². The third-order valence-electron chi connectivity index (χ3n) is 5.60. The molecule has 0 spiro atoms. The highest BCUT2D eigenvalue weighted by Gasteiger charge is 2.41. The van der Waals surface area contributed by atoms with Crippen LogP contribution in [-0.4, -0.2) is 42.8 Å². The molecule has 9 heteroatoms. The Balaban J connectivity index is 1.66. The van der Waals surface area contributed by atoms with E-state index in [0.29, 0.717) is 33.6 Å². The van der Waals surface area contributed by atoms with E-state index in [1.807, 2.05) is 46.7 Å². The molecular formula is C26H27N3O5S. The van der Waals surface area contributed by atoms with E-state index in [0.717, 1.165) is 11.3 Å². The molecule has 2 aromatic rings. The van der Waals surface area contributed by atoms with Crippen molar-refractivity contribution in [2.45, 2.75) is 26.3 Å². The van der Waals surface area contributed by atoms with Crippen molar-refractivity contribution in [1.29, 1.82) is 0 Å². The van der Waals surface area contributed by atoms with Crippen molar-refractivity contribution in [3.8, 4) is 11.5 Å². The number of hydrogen-bond acceptors (Lipinski definition) is 8. The molecule has 2 aliphatic rings. The number of allylic oxidation sites excluding steroid dienone is 1. The standard InChI is InChI=1S/C26H27N3O5S/c1-5-34-25(31)23-16(2)27-26-29(24(23)17-8-6-10-20(12-17)32-3)19(15-35-26)14-22(30)28-18-9-7-11-21(13-18)33-4/h6-13,15,24H,5,14H2,1-4H3,(H,28,30). The van der Waals surface area contributed by atoms with E-state index in [-0.39, 0.29) is 18.9 Å². The molecule has 1 atom stereocenters. The average molecular weight is 494 g/mol. The van der Waals surface area contributed by atoms with E-state index in [1.54, 1.807) is 40.2 Å². The number of fused-ring (bicyclic) bond motifs is 1. The highest BCUT2D eigenvalue weighted by Crippen LogP contribution is 2.45. The van der Waals surface area contributed by atoms with Gasteiger partial charge in [-0.05, 0) is 49.1 Å². The van der Waals surface area contributed by atoms with Crippen LogP contribution in [0.15, 0.2) is 75.9 Å². The van der Waals surface area contributed by atoms with E-state index in [4.69, 9.17) is 14.2 Å². The minimum absolute atomic E-state index is 0.0961. The molecule has 0 aromatic heterocycles. The van der Waals surface area contributed by atoms with Gasteiger partial charge < -0.3 is 24.4 Å². The molecule has 8 nitrogen and oxygen atoms in total. The van der Waals surface area contributed by atoms with Gasteiger partial charge in [0.15, 0.2) is 5.17 Å². The number of nitrogens with zero attached hydrogens (tertiary/aromatic N) is 2. The maximum absolute atomic E-state index is 13.0. The van der Waals surface area contributed by atoms with Gasteiger partial charge in [0.2, 0.25) is 5.91 Å². The van der Waals surface area contributed by atoms with Crippen LogP contribution in [0.4, 0.5) is 5.69 Å². The fraction of sp³-hybridized carbons (Fsp3) is 0.269. The van der Waals surface area contributed by atoms with Crippen LogP contribution >= 0.6 is 11.8 Å². The number of methoxy groups -OCH3 is 2. The molecule has 0 fully saturated rings. The molecule has 1 N–H and O–H groups in total. The van der Waals surface area contributed by atoms with Crippen molar-refractivity contribution in [3.63, 3.8) is 0 Å². The Hall–Kier alpha value is -3.72. The molecule has 1 amide bonds. The number of amides is 1. The first-order chi connectivity index (χ1) is 16.9. The van der Waals surface area contributed by atoms with Crippen LogP contribution in [0.2, 0.25) is 0 Å². The molecule has 182 valence electrons. The highest BCUT2D eigenvalue weighted by atomic mass is 32.2. The fourth-order valence-corrected chi connectivity index (χ4v) is 5.00. The van der Waals surface area contributed by atoms with Gasteiger partial charge in [0.1, 0.15) is 11.5 Å². The smallest absolute Gasteiger partial charge is 0.338 e. The molecule has 0 radical (unpaired) electrons. The molecule has 4 rings (SSSR count). The summed E-state index contributed by atoms with van der Waals surface area (Å²) in [5.41, 5.74) is 3.23. The van der Waals surface area contributed by atoms with Crippen molar-refractivity contribution in [3.05, 3.63) is 76.5 Å². The normalized spacial score (nSPS) is 16.8. The number of thioether (sulfide) groups is 1. The predicted octanol–water partition coefficient (Wildman–Crippen LogP) is 4.87. The maximum atomic E-state index is 13.0. The number of benzene rings is 2. The van der Waals surface area contributed by atoms with Crippen molar-refractivity contribution in [1.82, 2.24) is 4.90 Å². The van der Waals surface area contributed by atoms with Gasteiger partial charge in [0.25, 0.3) is 0 Å². The van der Waals surface area contributed by atoms with E-state index in [1.165, 1.54) is 11.8 Å². The summed E-state index contributed by atoms with van der Waals surface area (Å²) in [6.07, 6.45) is 0.0961. The number of hydrogen-bond donors (Lipinski definition) is 1. The van der Waals surface area contributed by atoms with Crippen LogP contribution in [0.1, 0.15) is 31.9 Å². The second-order valence-electron chi connectivity index (χ2n) is 7.85. The van der Waals surface area contributed by atoms with Crippen LogP contribution in [0, 0.1) is 0 Å². The van der Waals surface area contributed by atoms with Crippen LogP contribution in [0.25, 0.3) is 0 Å². The zero-order chi connectivity index (χ0) is 24.9. The number of ether oxygens (including phenoxy) is 3. The Kier molecular flexibility index (Phi) is 7.45. The SMILES string of the molecule is CCOC(=O)C1=C(C)N=C2SC=C(CC(=O)Nc3cccc(OC)c3)N2C1c1cccc(OC)c1. The second-order valence-corrected chi connectivity index (χ2v) is 8.68. The number of rotatable bonds is 8. The monoisotopic (exact) mass is 493 g/mol. The van der Waals surface area contributed by atoms with Gasteiger partial charge in [0.05, 0.1) is 44.6 Å². The Morgan fingerprint density at radius 3 is 2.51 bits per heavy atom. The summed E-state index contributed by atoms with van der Waals surface area (Å²) in [4.78, 5) is 32.6. The number of aliphatic imine (C=N–C) groups is 1. The molecule has 0 saturated heterocycles. The molecule has 0 bridgehead atoms. The maximum Gasteiger partial charge on any atom is 0.338 e. The number of amidine groups is 1. The van der Waals surface area contributed by atoms with Gasteiger partial charge in [-0.2, -0.15) is 0 Å². The van der Waals surface area contributed by atoms with E-state index >= 15 is 0 Å². The Morgan fingerprint density at radius 1 is 1.09 bits per heavy atom. The lowest BCUT2D eigenvalue weighted by atomic mass is 9.93. The summed E-state index contributed by atoms with van der Waals surface area (Å²) >= 11 is 1.42. The summed E-state index contributed by atoms with van der Waals surface area (Å²) in [6, 6.07) is 14.2. The molecule has 35 heavy (non-hydrogen) atoms. The lowest BCUT2D eigenvalue weighted by molar-refractivity contribution is -0.139. The van der Waals surface area contributed by atoms with E-state index < -0.39 is 12.0 Å². The quantitative estimate of drug-likeness (QED) is 0.525. The topological polar surface area (TPSA) is 89.5 Å². The van der Waals surface area contributed by atoms with Gasteiger partial charge in [-0.25, -0.2) is 9.79 Å². The molecule has 1 unspecified atom stereocenters. The average Bonchev–Trinajstić information content (AvgIpc) is 3.24. The predicted molar refractivity (Wildman–Crippen MR) is 136 cm³/mol. The summed E-state index contributed by atoms with van der Waals surface area (Å²) < 4.78 is 16.1. The Bertz CT molecular complexity index is 1240. The van der Waals surface area contributed by atoms with Crippen LogP contribution in [0.3, 0.4) is 0 Å². The van der Waals surface area contributed by atoms with Gasteiger partial charge >= 0.3 is 5.97 Å². The number of esters is 1. The lowest BCUT2D eigenvalue weighted by Gasteiger charge is -2.36. The summed E-state index contributed by atoms with van der Waals surface area (Å²) in [7, 11) is 3.17. The van der Waals surface area contributed by atoms with Gasteiger partial charge in [0, 0.05) is 17.5 Å². The first-order valence-electron chi connectivity index (χ1n) is 11.1. The number of carbonyl (C=O) groups is 2. The molecule has 2 heterocycles. The molecule has 0 aliphatic carbocycles. The third-order valence-corrected chi connectivity index (χ3v) is 6.49. The molecule has 2 aliphatic heterocycles. The highest BCUT2D eigenvalue weighted by molar-refractivity contribution is 8.16. The number of anilines is 1. The Labute approximate surface area is 208 Å². The molecule has 2 aromatic carbocycles. The van der Waals surface area contributed by atoms with E-state index in [2.05, 4.69) is 10.3 Å². The van der Waals surface area contributed by atoms with Crippen molar-refractivity contribution in [2.24, 2.45) is 4.99 Å². The zero-order valence-electron chi connectivity index (χ0n) is 20.0. The van der Waals surface area contributed by atoms with Gasteiger partial charge in [-0.1, -0.05) is 30.0 Å². The van der Waals surface area contributed by atoms with Crippen LogP contribution in [-0.2, 0) is 14.3 Å². The summed E-state index contributed by atoms with van der Waals surface area (Å²) in [5, 5.41) is 5.52. The summed E-state index contributed by atoms with van der Waals surface area (Å²) in [5.74, 6) is 0.694. The lowest BCUT2D eigenvalue weighted by Crippen LogP contribution is -2.37. The molecular weight excluding hydrogens is 466 g/mol. The third kappa shape index (κ3) is 5.19. The van der Waals surface area contributed by atoms with Crippen molar-refractivity contribution in [2.75, 3.05) is 26.1 Å². The second kappa shape index (κ2) is 10.7. The molecule has 0 saturated carbocycles. The fourth-order valence-electron chi connectivity index (χ4n) is 4.04. The first kappa shape index (κ1) is 24.4. The number of carbonyl (C=O) groups excluding carboxylic acids is 2. The van der Waals surface area contributed by atoms with Gasteiger partial charge in [-0.3, -0.25) is 4.79 Å². The van der Waals surface area contributed by atoms with Crippen LogP contribution in [0.5, 0.6) is 11.5 Å². The van der Waals surface area contributed by atoms with Crippen molar-refractivity contribution >= 4 is 34.5 Å². The van der Waals surface area contributed by atoms with Crippen LogP contribution < -0.4 is 14.8 Å². The zero-order valence-corrected chi connectivity index (χ0v) is 20.8. The van der Waals surface area contributed by atoms with E-state index in [9.17, 15) is 9.59 Å². The number of nitrogens with one attached hydrogen (secondary N) is 1. The largest absolute Gasteiger partial charge is 0.497 e. The minimum atomic E-state index is -0.512. The minimum Gasteiger partial charge on any atom is -0.497 e. The van der Waals surface area contributed by atoms with Gasteiger partial charge in [-0.15, -0.1) is 0 Å². The summed E-state index contributed by atoms with van der Waals surface area (Å²) in [6.45, 7) is 3.82. The Morgan fingerprint density at radius 2 is 1.80 bits per heavy atom.